The molecule has 6 nitrogen and oxygen atoms in total. The standard InChI is InChI=1S/C15H16O6/c16-9(3-8-1-2-12(18)15(21)4-8)5-11-13(19)6-10(17)7-14(11)20/h1-2,4,6-7,9,16-21H,3,5H2/i3D2,5D2. The highest BCUT2D eigenvalue weighted by molar-refractivity contribution is 5.49. The SMILES string of the molecule is [2H]C([2H])(c1ccc(O)c(O)c1)C(O)C([2H])([2H])c1c(O)cc(O)cc1O. The second-order valence-corrected chi connectivity index (χ2v) is 4.25. The Morgan fingerprint density at radius 2 is 1.43 bits per heavy atom. The number of phenolic OH excluding ortho intramolecular Hbond substituents is 5. The zero-order valence-corrected chi connectivity index (χ0v) is 10.6. The van der Waals surface area contributed by atoms with Crippen molar-refractivity contribution in [3.05, 3.63) is 41.5 Å². The second-order valence-electron chi connectivity index (χ2n) is 4.25. The Kier molecular flexibility index (Phi) is 2.81. The molecule has 0 aromatic heterocycles. The number of benzene rings is 2. The summed E-state index contributed by atoms with van der Waals surface area (Å²) in [5.41, 5.74) is -1.14. The number of aliphatic hydroxyl groups is 1. The third-order valence-electron chi connectivity index (χ3n) is 2.64. The minimum Gasteiger partial charge on any atom is -0.508 e. The van der Waals surface area contributed by atoms with Crippen LogP contribution in [0.25, 0.3) is 0 Å². The largest absolute Gasteiger partial charge is 0.508 e. The van der Waals surface area contributed by atoms with Gasteiger partial charge in [-0.1, -0.05) is 6.07 Å². The second kappa shape index (κ2) is 5.80. The van der Waals surface area contributed by atoms with Gasteiger partial charge in [0.2, 0.25) is 0 Å². The fourth-order valence-corrected chi connectivity index (χ4v) is 1.69. The van der Waals surface area contributed by atoms with Crippen LogP contribution in [0.15, 0.2) is 30.3 Å². The minimum absolute atomic E-state index is 0.336. The molecular formula is C15H16O6. The molecule has 0 saturated carbocycles. The van der Waals surface area contributed by atoms with E-state index >= 15 is 0 Å². The van der Waals surface area contributed by atoms with E-state index in [2.05, 4.69) is 0 Å². The maximum absolute atomic E-state index is 10.3. The molecule has 6 N–H and O–H groups in total. The van der Waals surface area contributed by atoms with E-state index in [1.165, 1.54) is 0 Å². The summed E-state index contributed by atoms with van der Waals surface area (Å²) in [7, 11) is 0. The van der Waals surface area contributed by atoms with Crippen LogP contribution in [-0.4, -0.2) is 36.7 Å². The predicted octanol–water partition coefficient (Wildman–Crippen LogP) is 1.36. The smallest absolute Gasteiger partial charge is 0.157 e. The zero-order valence-electron chi connectivity index (χ0n) is 14.6. The van der Waals surface area contributed by atoms with Crippen molar-refractivity contribution in [2.75, 3.05) is 0 Å². The van der Waals surface area contributed by atoms with Crippen molar-refractivity contribution in [3.8, 4) is 28.7 Å². The van der Waals surface area contributed by atoms with Crippen molar-refractivity contribution in [2.24, 2.45) is 0 Å². The predicted molar refractivity (Wildman–Crippen MR) is 74.6 cm³/mol. The summed E-state index contributed by atoms with van der Waals surface area (Å²) in [4.78, 5) is 0. The summed E-state index contributed by atoms with van der Waals surface area (Å²) >= 11 is 0. The summed E-state index contributed by atoms with van der Waals surface area (Å²) in [6, 6.07) is 4.32. The molecule has 6 heteroatoms. The summed E-state index contributed by atoms with van der Waals surface area (Å²) in [6.07, 6.45) is -8.17. The van der Waals surface area contributed by atoms with Crippen LogP contribution < -0.4 is 0 Å². The van der Waals surface area contributed by atoms with Gasteiger partial charge in [0.15, 0.2) is 11.5 Å². The van der Waals surface area contributed by atoms with E-state index in [4.69, 9.17) is 5.48 Å². The summed E-state index contributed by atoms with van der Waals surface area (Å²) < 4.78 is 32.0. The van der Waals surface area contributed by atoms with Gasteiger partial charge in [-0.25, -0.2) is 0 Å². The molecule has 0 spiro atoms. The fourth-order valence-electron chi connectivity index (χ4n) is 1.69. The maximum Gasteiger partial charge on any atom is 0.157 e. The van der Waals surface area contributed by atoms with Crippen LogP contribution in [-0.2, 0) is 12.7 Å². The molecule has 2 aromatic carbocycles. The van der Waals surface area contributed by atoms with Crippen molar-refractivity contribution in [1.82, 2.24) is 0 Å². The van der Waals surface area contributed by atoms with E-state index in [9.17, 15) is 30.6 Å². The minimum atomic E-state index is -2.97. The molecule has 21 heavy (non-hydrogen) atoms. The Labute approximate surface area is 126 Å². The van der Waals surface area contributed by atoms with Crippen molar-refractivity contribution < 1.29 is 36.1 Å². The Bertz CT molecular complexity index is 786. The highest BCUT2D eigenvalue weighted by Gasteiger charge is 2.15. The molecule has 1 unspecified atom stereocenters. The molecule has 2 rings (SSSR count). The normalized spacial score (nSPS) is 16.4. The molecule has 2 aromatic rings. The van der Waals surface area contributed by atoms with E-state index in [1.54, 1.807) is 0 Å². The third-order valence-corrected chi connectivity index (χ3v) is 2.64. The third kappa shape index (κ3) is 3.49. The van der Waals surface area contributed by atoms with E-state index in [1.807, 2.05) is 0 Å². The molecule has 0 aliphatic carbocycles. The van der Waals surface area contributed by atoms with E-state index < -0.39 is 53.2 Å². The quantitative estimate of drug-likeness (QED) is 0.474. The lowest BCUT2D eigenvalue weighted by Gasteiger charge is -2.14. The first-order valence-corrected chi connectivity index (χ1v) is 5.85. The van der Waals surface area contributed by atoms with Gasteiger partial charge in [0.25, 0.3) is 0 Å². The monoisotopic (exact) mass is 296 g/mol. The molecule has 0 saturated heterocycles. The fraction of sp³-hybridized carbons (Fsp3) is 0.200. The molecule has 0 heterocycles. The number of rotatable bonds is 4. The molecular weight excluding hydrogens is 276 g/mol. The first-order valence-electron chi connectivity index (χ1n) is 7.85. The topological polar surface area (TPSA) is 121 Å². The number of hydrogen-bond acceptors (Lipinski definition) is 6. The van der Waals surface area contributed by atoms with Crippen molar-refractivity contribution in [1.29, 1.82) is 0 Å². The van der Waals surface area contributed by atoms with Crippen molar-refractivity contribution in [3.63, 3.8) is 0 Å². The number of hydrogen-bond donors (Lipinski definition) is 6. The molecule has 1 atom stereocenters. The van der Waals surface area contributed by atoms with Gasteiger partial charge in [0.1, 0.15) is 17.2 Å². The molecule has 0 bridgehead atoms. The summed E-state index contributed by atoms with van der Waals surface area (Å²) in [5, 5.41) is 58.0. The highest BCUT2D eigenvalue weighted by Crippen LogP contribution is 2.33. The van der Waals surface area contributed by atoms with E-state index in [-0.39, 0.29) is 5.56 Å². The first kappa shape index (κ1) is 10.2. The summed E-state index contributed by atoms with van der Waals surface area (Å²) in [6.45, 7) is 0. The number of aliphatic hydroxyl groups excluding tert-OH is 1. The average molecular weight is 296 g/mol. The van der Waals surface area contributed by atoms with Crippen LogP contribution in [0.2, 0.25) is 0 Å². The summed E-state index contributed by atoms with van der Waals surface area (Å²) in [5.74, 6) is -3.47. The lowest BCUT2D eigenvalue weighted by Crippen LogP contribution is -2.14. The van der Waals surface area contributed by atoms with Gasteiger partial charge in [0.05, 0.1) is 6.10 Å². The zero-order chi connectivity index (χ0) is 19.2. The van der Waals surface area contributed by atoms with Crippen LogP contribution in [0.4, 0.5) is 0 Å². The van der Waals surface area contributed by atoms with Gasteiger partial charge in [-0.3, -0.25) is 0 Å². The van der Waals surface area contributed by atoms with Gasteiger partial charge < -0.3 is 30.6 Å². The Balaban J connectivity index is 2.53. The maximum atomic E-state index is 10.3. The van der Waals surface area contributed by atoms with E-state index in [0.717, 1.165) is 30.3 Å². The van der Waals surface area contributed by atoms with Gasteiger partial charge in [-0.2, -0.15) is 0 Å². The molecule has 0 fully saturated rings. The Morgan fingerprint density at radius 3 is 2.00 bits per heavy atom. The molecule has 0 aliphatic heterocycles. The van der Waals surface area contributed by atoms with Crippen LogP contribution in [0, 0.1) is 0 Å². The average Bonchev–Trinajstić information content (AvgIpc) is 2.47. The molecule has 0 radical (unpaired) electrons. The molecule has 0 aliphatic rings. The Hall–Kier alpha value is -2.60. The van der Waals surface area contributed by atoms with Gasteiger partial charge in [-0.15, -0.1) is 0 Å². The first-order chi connectivity index (χ1) is 11.4. The van der Waals surface area contributed by atoms with Crippen LogP contribution in [0.1, 0.15) is 16.6 Å². The lowest BCUT2D eigenvalue weighted by molar-refractivity contribution is 0.173. The van der Waals surface area contributed by atoms with Crippen molar-refractivity contribution in [2.45, 2.75) is 18.8 Å². The Morgan fingerprint density at radius 1 is 0.810 bits per heavy atom. The van der Waals surface area contributed by atoms with Gasteiger partial charge in [-0.05, 0) is 24.1 Å². The number of phenols is 5. The van der Waals surface area contributed by atoms with Gasteiger partial charge >= 0.3 is 0 Å². The highest BCUT2D eigenvalue weighted by atomic mass is 16.3. The molecule has 0 amide bonds. The van der Waals surface area contributed by atoms with E-state index in [0.29, 0.717) is 0 Å². The lowest BCUT2D eigenvalue weighted by atomic mass is 9.99. The molecule has 112 valence electrons. The van der Waals surface area contributed by atoms with Gasteiger partial charge in [0, 0.05) is 29.6 Å². The van der Waals surface area contributed by atoms with Crippen LogP contribution >= 0.6 is 0 Å². The van der Waals surface area contributed by atoms with Crippen molar-refractivity contribution >= 4 is 0 Å². The van der Waals surface area contributed by atoms with Crippen LogP contribution in [0.3, 0.4) is 0 Å². The number of aromatic hydroxyl groups is 5. The van der Waals surface area contributed by atoms with Crippen LogP contribution in [0.5, 0.6) is 28.7 Å².